The van der Waals surface area contributed by atoms with Crippen molar-refractivity contribution >= 4 is 11.9 Å². The molecule has 1 aliphatic carbocycles. The van der Waals surface area contributed by atoms with Crippen molar-refractivity contribution in [3.05, 3.63) is 35.9 Å². The Labute approximate surface area is 155 Å². The molecule has 2 aliphatic rings. The van der Waals surface area contributed by atoms with Gasteiger partial charge in [-0.3, -0.25) is 14.5 Å². The molecule has 1 aliphatic heterocycles. The number of carbonyl (C=O) groups is 2. The molecule has 5 nitrogen and oxygen atoms in total. The molecule has 142 valence electrons. The molecule has 2 fully saturated rings. The average Bonchev–Trinajstić information content (AvgIpc) is 2.68. The van der Waals surface area contributed by atoms with Gasteiger partial charge in [0, 0.05) is 12.0 Å². The maximum absolute atomic E-state index is 12.5. The standard InChI is InChI=1S/C21H30N2O3/c24-19(15-23-13-9-17(10-14-23)20(25)26)22-16-21(11-5-2-6-12-21)18-7-3-1-4-8-18/h1,3-4,7-8,17H,2,5-6,9-16H2,(H,22,24)(H,25,26). The van der Waals surface area contributed by atoms with Gasteiger partial charge >= 0.3 is 5.97 Å². The van der Waals surface area contributed by atoms with Crippen LogP contribution in [0.25, 0.3) is 0 Å². The van der Waals surface area contributed by atoms with Crippen LogP contribution in [-0.2, 0) is 15.0 Å². The topological polar surface area (TPSA) is 69.6 Å². The lowest BCUT2D eigenvalue weighted by atomic mass is 9.69. The van der Waals surface area contributed by atoms with Gasteiger partial charge in [-0.25, -0.2) is 0 Å². The molecular formula is C21H30N2O3. The number of carbonyl (C=O) groups excluding carboxylic acids is 1. The molecule has 1 aromatic carbocycles. The second-order valence-electron chi connectivity index (χ2n) is 7.87. The molecule has 3 rings (SSSR count). The third-order valence-corrected chi connectivity index (χ3v) is 6.12. The Kier molecular flexibility index (Phi) is 6.30. The molecule has 5 heteroatoms. The summed E-state index contributed by atoms with van der Waals surface area (Å²) in [6, 6.07) is 10.6. The first-order chi connectivity index (χ1) is 12.6. The van der Waals surface area contributed by atoms with E-state index >= 15 is 0 Å². The lowest BCUT2D eigenvalue weighted by molar-refractivity contribution is -0.143. The molecule has 1 saturated heterocycles. The summed E-state index contributed by atoms with van der Waals surface area (Å²) in [6.07, 6.45) is 7.23. The van der Waals surface area contributed by atoms with Gasteiger partial charge in [0.05, 0.1) is 12.5 Å². The van der Waals surface area contributed by atoms with Crippen molar-refractivity contribution in [2.45, 2.75) is 50.4 Å². The minimum absolute atomic E-state index is 0.0552. The van der Waals surface area contributed by atoms with Gasteiger partial charge in [0.25, 0.3) is 0 Å². The molecule has 1 heterocycles. The van der Waals surface area contributed by atoms with Crippen molar-refractivity contribution < 1.29 is 14.7 Å². The van der Waals surface area contributed by atoms with Crippen LogP contribution in [-0.4, -0.2) is 48.1 Å². The number of amides is 1. The molecule has 0 unspecified atom stereocenters. The number of hydrogen-bond acceptors (Lipinski definition) is 3. The van der Waals surface area contributed by atoms with Crippen LogP contribution in [0.1, 0.15) is 50.5 Å². The zero-order chi connectivity index (χ0) is 18.4. The van der Waals surface area contributed by atoms with Crippen LogP contribution in [0.5, 0.6) is 0 Å². The molecule has 1 aromatic rings. The number of benzene rings is 1. The molecule has 0 aromatic heterocycles. The molecular weight excluding hydrogens is 328 g/mol. The number of aliphatic carboxylic acids is 1. The summed E-state index contributed by atoms with van der Waals surface area (Å²) >= 11 is 0. The summed E-state index contributed by atoms with van der Waals surface area (Å²) in [6.45, 7) is 2.45. The highest BCUT2D eigenvalue weighted by atomic mass is 16.4. The molecule has 1 amide bonds. The molecule has 26 heavy (non-hydrogen) atoms. The van der Waals surface area contributed by atoms with E-state index in [0.717, 1.165) is 12.8 Å². The van der Waals surface area contributed by atoms with E-state index in [2.05, 4.69) is 34.5 Å². The first-order valence-corrected chi connectivity index (χ1v) is 9.86. The summed E-state index contributed by atoms with van der Waals surface area (Å²) < 4.78 is 0. The average molecular weight is 358 g/mol. The Morgan fingerprint density at radius 2 is 1.73 bits per heavy atom. The second-order valence-corrected chi connectivity index (χ2v) is 7.87. The number of likely N-dealkylation sites (tertiary alicyclic amines) is 1. The first kappa shape index (κ1) is 18.9. The third kappa shape index (κ3) is 4.64. The minimum atomic E-state index is -0.712. The largest absolute Gasteiger partial charge is 0.481 e. The van der Waals surface area contributed by atoms with Gasteiger partial charge in [-0.05, 0) is 44.3 Å². The maximum atomic E-state index is 12.5. The van der Waals surface area contributed by atoms with E-state index in [0.29, 0.717) is 39.0 Å². The molecule has 2 N–H and O–H groups in total. The number of nitrogens with one attached hydrogen (secondary N) is 1. The Hall–Kier alpha value is -1.88. The predicted octanol–water partition coefficient (Wildman–Crippen LogP) is 2.80. The number of carboxylic acid groups (broad SMARTS) is 1. The van der Waals surface area contributed by atoms with Crippen molar-refractivity contribution in [2.24, 2.45) is 5.92 Å². The van der Waals surface area contributed by atoms with E-state index in [4.69, 9.17) is 5.11 Å². The molecule has 0 bridgehead atoms. The van der Waals surface area contributed by atoms with Crippen LogP contribution < -0.4 is 5.32 Å². The van der Waals surface area contributed by atoms with Crippen molar-refractivity contribution in [3.63, 3.8) is 0 Å². The normalized spacial score (nSPS) is 21.2. The van der Waals surface area contributed by atoms with E-state index in [1.807, 2.05) is 6.07 Å². The highest BCUT2D eigenvalue weighted by Crippen LogP contribution is 2.38. The molecule has 1 saturated carbocycles. The molecule has 0 atom stereocenters. The maximum Gasteiger partial charge on any atom is 0.306 e. The van der Waals surface area contributed by atoms with Gasteiger partial charge in [-0.15, -0.1) is 0 Å². The lowest BCUT2D eigenvalue weighted by Gasteiger charge is -2.38. The summed E-state index contributed by atoms with van der Waals surface area (Å²) in [4.78, 5) is 25.6. The van der Waals surface area contributed by atoms with Crippen molar-refractivity contribution in [1.82, 2.24) is 10.2 Å². The number of hydrogen-bond donors (Lipinski definition) is 2. The molecule has 0 radical (unpaired) electrons. The van der Waals surface area contributed by atoms with E-state index in [1.54, 1.807) is 0 Å². The highest BCUT2D eigenvalue weighted by Gasteiger charge is 2.34. The van der Waals surface area contributed by atoms with Crippen LogP contribution in [0.4, 0.5) is 0 Å². The summed E-state index contributed by atoms with van der Waals surface area (Å²) in [5, 5.41) is 12.2. The van der Waals surface area contributed by atoms with Gasteiger partial charge in [-0.2, -0.15) is 0 Å². The Bertz CT molecular complexity index is 603. The second kappa shape index (κ2) is 8.67. The fraction of sp³-hybridized carbons (Fsp3) is 0.619. The van der Waals surface area contributed by atoms with Gasteiger partial charge in [0.1, 0.15) is 0 Å². The van der Waals surface area contributed by atoms with E-state index in [1.165, 1.54) is 24.8 Å². The van der Waals surface area contributed by atoms with Crippen molar-refractivity contribution in [1.29, 1.82) is 0 Å². The summed E-state index contributed by atoms with van der Waals surface area (Å²) in [5.41, 5.74) is 1.40. The van der Waals surface area contributed by atoms with Crippen LogP contribution in [0.15, 0.2) is 30.3 Å². The van der Waals surface area contributed by atoms with Crippen LogP contribution in [0, 0.1) is 5.92 Å². The summed E-state index contributed by atoms with van der Waals surface area (Å²) in [7, 11) is 0. The van der Waals surface area contributed by atoms with Gasteiger partial charge < -0.3 is 10.4 Å². The van der Waals surface area contributed by atoms with Crippen LogP contribution >= 0.6 is 0 Å². The third-order valence-electron chi connectivity index (χ3n) is 6.12. The SMILES string of the molecule is O=C(CN1CCC(C(=O)O)CC1)NCC1(c2ccccc2)CCCCC1. The van der Waals surface area contributed by atoms with E-state index in [9.17, 15) is 9.59 Å². The smallest absolute Gasteiger partial charge is 0.306 e. The zero-order valence-corrected chi connectivity index (χ0v) is 15.5. The van der Waals surface area contributed by atoms with Gasteiger partial charge in [0.15, 0.2) is 0 Å². The van der Waals surface area contributed by atoms with Crippen LogP contribution in [0.3, 0.4) is 0 Å². The number of rotatable bonds is 6. The number of carboxylic acids is 1. The minimum Gasteiger partial charge on any atom is -0.481 e. The van der Waals surface area contributed by atoms with Gasteiger partial charge in [-0.1, -0.05) is 49.6 Å². The first-order valence-electron chi connectivity index (χ1n) is 9.86. The quantitative estimate of drug-likeness (QED) is 0.820. The van der Waals surface area contributed by atoms with E-state index in [-0.39, 0.29) is 17.2 Å². The van der Waals surface area contributed by atoms with Crippen LogP contribution in [0.2, 0.25) is 0 Å². The fourth-order valence-corrected chi connectivity index (χ4v) is 4.45. The van der Waals surface area contributed by atoms with Crippen molar-refractivity contribution in [2.75, 3.05) is 26.2 Å². The van der Waals surface area contributed by atoms with Gasteiger partial charge in [0.2, 0.25) is 5.91 Å². The number of piperidine rings is 1. The highest BCUT2D eigenvalue weighted by molar-refractivity contribution is 5.78. The Balaban J connectivity index is 1.53. The zero-order valence-electron chi connectivity index (χ0n) is 15.5. The lowest BCUT2D eigenvalue weighted by Crippen LogP contribution is -2.47. The van der Waals surface area contributed by atoms with E-state index < -0.39 is 5.97 Å². The Morgan fingerprint density at radius 3 is 2.35 bits per heavy atom. The summed E-state index contributed by atoms with van der Waals surface area (Å²) in [5.74, 6) is -0.909. The monoisotopic (exact) mass is 358 g/mol. The Morgan fingerprint density at radius 1 is 1.08 bits per heavy atom. The molecule has 0 spiro atoms. The predicted molar refractivity (Wildman–Crippen MR) is 101 cm³/mol. The number of nitrogens with zero attached hydrogens (tertiary/aromatic N) is 1. The van der Waals surface area contributed by atoms with Crippen molar-refractivity contribution in [3.8, 4) is 0 Å². The fourth-order valence-electron chi connectivity index (χ4n) is 4.45.